The highest BCUT2D eigenvalue weighted by Gasteiger charge is 2.14. The second-order valence-corrected chi connectivity index (χ2v) is 7.80. The van der Waals surface area contributed by atoms with Crippen LogP contribution >= 0.6 is 0 Å². The number of carbonyl (C=O) groups excluding carboxylic acids is 2. The first-order valence-corrected chi connectivity index (χ1v) is 9.36. The Morgan fingerprint density at radius 3 is 2.43 bits per heavy atom. The van der Waals surface area contributed by atoms with Crippen molar-refractivity contribution in [1.82, 2.24) is 10.3 Å². The van der Waals surface area contributed by atoms with Gasteiger partial charge in [0.1, 0.15) is 0 Å². The van der Waals surface area contributed by atoms with Gasteiger partial charge in [-0.3, -0.25) is 14.6 Å². The number of carbonyl (C=O) groups is 2. The predicted octanol–water partition coefficient (Wildman–Crippen LogP) is 4.29. The zero-order valence-electron chi connectivity index (χ0n) is 16.5. The molecule has 0 radical (unpaired) electrons. The number of nitrogens with one attached hydrogen (secondary N) is 2. The monoisotopic (exact) mass is 375 g/mol. The minimum atomic E-state index is -0.180. The van der Waals surface area contributed by atoms with Crippen LogP contribution in [-0.2, 0) is 10.2 Å². The van der Waals surface area contributed by atoms with Crippen molar-refractivity contribution >= 4 is 28.4 Å². The van der Waals surface area contributed by atoms with Crippen molar-refractivity contribution in [3.05, 3.63) is 71.9 Å². The van der Waals surface area contributed by atoms with Gasteiger partial charge >= 0.3 is 0 Å². The van der Waals surface area contributed by atoms with Crippen LogP contribution in [0.25, 0.3) is 10.9 Å². The molecule has 0 bridgehead atoms. The molecule has 2 N–H and O–H groups in total. The first-order chi connectivity index (χ1) is 13.3. The molecule has 0 aliphatic heterocycles. The fourth-order valence-electron chi connectivity index (χ4n) is 2.88. The normalized spacial score (nSPS) is 11.2. The maximum atomic E-state index is 12.2. The van der Waals surface area contributed by atoms with Gasteiger partial charge in [-0.25, -0.2) is 0 Å². The summed E-state index contributed by atoms with van der Waals surface area (Å²) in [6.45, 7) is 6.66. The fraction of sp³-hybridized carbons (Fsp3) is 0.261. The Labute approximate surface area is 165 Å². The minimum absolute atomic E-state index is 0.0463. The van der Waals surface area contributed by atoms with Crippen molar-refractivity contribution < 1.29 is 9.59 Å². The number of anilines is 1. The molecule has 0 unspecified atom stereocenters. The van der Waals surface area contributed by atoms with Crippen LogP contribution in [0.2, 0.25) is 0 Å². The highest BCUT2D eigenvalue weighted by atomic mass is 16.2. The molecule has 28 heavy (non-hydrogen) atoms. The van der Waals surface area contributed by atoms with Gasteiger partial charge in [0.2, 0.25) is 5.91 Å². The highest BCUT2D eigenvalue weighted by molar-refractivity contribution is 5.96. The first-order valence-electron chi connectivity index (χ1n) is 9.36. The van der Waals surface area contributed by atoms with Crippen molar-refractivity contribution in [3.63, 3.8) is 0 Å². The number of benzene rings is 2. The number of fused-ring (bicyclic) bond motifs is 1. The summed E-state index contributed by atoms with van der Waals surface area (Å²) >= 11 is 0. The molecular formula is C23H25N3O2. The van der Waals surface area contributed by atoms with Crippen LogP contribution < -0.4 is 10.6 Å². The van der Waals surface area contributed by atoms with E-state index in [0.29, 0.717) is 11.3 Å². The van der Waals surface area contributed by atoms with Gasteiger partial charge in [-0.1, -0.05) is 51.1 Å². The van der Waals surface area contributed by atoms with Gasteiger partial charge in [0.15, 0.2) is 0 Å². The molecule has 1 aromatic heterocycles. The molecule has 0 aliphatic rings. The maximum Gasteiger partial charge on any atom is 0.251 e. The summed E-state index contributed by atoms with van der Waals surface area (Å²) in [6.07, 6.45) is 1.83. The Morgan fingerprint density at radius 1 is 1.00 bits per heavy atom. The summed E-state index contributed by atoms with van der Waals surface area (Å²) in [7, 11) is 0. The van der Waals surface area contributed by atoms with Crippen LogP contribution in [0.4, 0.5) is 5.69 Å². The lowest BCUT2D eigenvalue weighted by molar-refractivity contribution is -0.116. The van der Waals surface area contributed by atoms with Crippen LogP contribution in [0, 0.1) is 0 Å². The number of nitrogens with zero attached hydrogens (tertiary/aromatic N) is 1. The minimum Gasteiger partial charge on any atom is -0.352 e. The van der Waals surface area contributed by atoms with Crippen LogP contribution in [0.15, 0.2) is 60.8 Å². The molecule has 5 nitrogen and oxygen atoms in total. The van der Waals surface area contributed by atoms with Crippen molar-refractivity contribution in [2.75, 3.05) is 11.9 Å². The molecular weight excluding hydrogens is 350 g/mol. The summed E-state index contributed by atoms with van der Waals surface area (Å²) in [4.78, 5) is 28.7. The fourth-order valence-corrected chi connectivity index (χ4v) is 2.88. The predicted molar refractivity (Wildman–Crippen MR) is 112 cm³/mol. The van der Waals surface area contributed by atoms with Gasteiger partial charge in [0, 0.05) is 23.9 Å². The van der Waals surface area contributed by atoms with E-state index in [9.17, 15) is 9.59 Å². The molecule has 0 atom stereocenters. The molecule has 0 saturated carbocycles. The van der Waals surface area contributed by atoms with Gasteiger partial charge in [0.05, 0.1) is 17.4 Å². The second-order valence-electron chi connectivity index (χ2n) is 7.80. The van der Waals surface area contributed by atoms with E-state index >= 15 is 0 Å². The first kappa shape index (κ1) is 19.5. The average Bonchev–Trinajstić information content (AvgIpc) is 2.67. The van der Waals surface area contributed by atoms with E-state index in [1.807, 2.05) is 54.6 Å². The Balaban J connectivity index is 1.49. The lowest BCUT2D eigenvalue weighted by atomic mass is 9.87. The van der Waals surface area contributed by atoms with E-state index in [4.69, 9.17) is 0 Å². The van der Waals surface area contributed by atoms with Gasteiger partial charge in [-0.2, -0.15) is 0 Å². The number of rotatable bonds is 5. The third-order valence-electron chi connectivity index (χ3n) is 4.52. The second kappa shape index (κ2) is 8.21. The van der Waals surface area contributed by atoms with Crippen molar-refractivity contribution in [1.29, 1.82) is 0 Å². The molecule has 3 rings (SSSR count). The average molecular weight is 375 g/mol. The zero-order chi connectivity index (χ0) is 20.1. The Bertz CT molecular complexity index is 989. The smallest absolute Gasteiger partial charge is 0.251 e. The van der Waals surface area contributed by atoms with Gasteiger partial charge in [-0.05, 0) is 35.2 Å². The topological polar surface area (TPSA) is 71.1 Å². The quantitative estimate of drug-likeness (QED) is 0.699. The molecule has 0 saturated heterocycles. The number of amides is 2. The van der Waals surface area contributed by atoms with Gasteiger partial charge < -0.3 is 10.6 Å². The summed E-state index contributed by atoms with van der Waals surface area (Å²) in [5.41, 5.74) is 3.34. The summed E-state index contributed by atoms with van der Waals surface area (Å²) < 4.78 is 0. The molecule has 5 heteroatoms. The third-order valence-corrected chi connectivity index (χ3v) is 4.52. The number of aromatic nitrogens is 1. The van der Waals surface area contributed by atoms with E-state index in [1.54, 1.807) is 6.20 Å². The molecule has 0 spiro atoms. The highest BCUT2D eigenvalue weighted by Crippen LogP contribution is 2.22. The van der Waals surface area contributed by atoms with Crippen molar-refractivity contribution in [2.24, 2.45) is 0 Å². The molecule has 2 aromatic carbocycles. The molecule has 0 fully saturated rings. The summed E-state index contributed by atoms with van der Waals surface area (Å²) in [6, 6.07) is 17.2. The Morgan fingerprint density at radius 2 is 1.71 bits per heavy atom. The van der Waals surface area contributed by atoms with E-state index in [-0.39, 0.29) is 30.2 Å². The van der Waals surface area contributed by atoms with Crippen LogP contribution in [0.5, 0.6) is 0 Å². The number of hydrogen-bond donors (Lipinski definition) is 2. The lowest BCUT2D eigenvalue weighted by Crippen LogP contribution is -2.27. The van der Waals surface area contributed by atoms with E-state index in [1.165, 1.54) is 5.56 Å². The van der Waals surface area contributed by atoms with Crippen LogP contribution in [0.3, 0.4) is 0 Å². The Hall–Kier alpha value is -3.21. The molecule has 2 amide bonds. The molecule has 0 aliphatic carbocycles. The van der Waals surface area contributed by atoms with Crippen LogP contribution in [-0.4, -0.2) is 23.3 Å². The Kier molecular flexibility index (Phi) is 5.73. The SMILES string of the molecule is CC(C)(C)c1ccc(C(=O)NCCC(=O)Nc2cnc3ccccc3c2)cc1. The molecule has 1 heterocycles. The summed E-state index contributed by atoms with van der Waals surface area (Å²) in [5, 5.41) is 6.57. The summed E-state index contributed by atoms with van der Waals surface area (Å²) in [5.74, 6) is -0.346. The number of pyridine rings is 1. The van der Waals surface area contributed by atoms with E-state index in [0.717, 1.165) is 10.9 Å². The van der Waals surface area contributed by atoms with Crippen molar-refractivity contribution in [2.45, 2.75) is 32.6 Å². The lowest BCUT2D eigenvalue weighted by Gasteiger charge is -2.19. The third kappa shape index (κ3) is 4.94. The standard InChI is InChI=1S/C23H25N3O2/c1-23(2,3)18-10-8-16(9-11-18)22(28)24-13-12-21(27)26-19-14-17-6-4-5-7-20(17)25-15-19/h4-11,14-15H,12-13H2,1-3H3,(H,24,28)(H,26,27). The van der Waals surface area contributed by atoms with E-state index < -0.39 is 0 Å². The number of para-hydroxylation sites is 1. The zero-order valence-corrected chi connectivity index (χ0v) is 16.5. The maximum absolute atomic E-state index is 12.2. The molecule has 144 valence electrons. The molecule has 3 aromatic rings. The van der Waals surface area contributed by atoms with Gasteiger partial charge in [-0.15, -0.1) is 0 Å². The largest absolute Gasteiger partial charge is 0.352 e. The van der Waals surface area contributed by atoms with E-state index in [2.05, 4.69) is 36.4 Å². The van der Waals surface area contributed by atoms with Gasteiger partial charge in [0.25, 0.3) is 5.91 Å². The number of hydrogen-bond acceptors (Lipinski definition) is 3. The van der Waals surface area contributed by atoms with Crippen LogP contribution in [0.1, 0.15) is 43.1 Å². The van der Waals surface area contributed by atoms with Crippen molar-refractivity contribution in [3.8, 4) is 0 Å².